The van der Waals surface area contributed by atoms with Crippen molar-refractivity contribution in [3.8, 4) is 0 Å². The van der Waals surface area contributed by atoms with E-state index in [9.17, 15) is 22.0 Å². The van der Waals surface area contributed by atoms with Gasteiger partial charge in [-0.15, -0.1) is 0 Å². The Kier molecular flexibility index (Phi) is 3.94. The Labute approximate surface area is 114 Å². The summed E-state index contributed by atoms with van der Waals surface area (Å²) in [5, 5.41) is 0. The Hall–Kier alpha value is -2.08. The van der Waals surface area contributed by atoms with Crippen LogP contribution >= 0.6 is 0 Å². The number of Topliss-reactive ketones (excluding diaryl/α,β-unsaturated/α-hetero) is 1. The van der Waals surface area contributed by atoms with Crippen LogP contribution in [0.4, 0.5) is 8.78 Å². The van der Waals surface area contributed by atoms with Gasteiger partial charge in [-0.3, -0.25) is 4.79 Å². The van der Waals surface area contributed by atoms with Gasteiger partial charge in [0.1, 0.15) is 10.7 Å². The van der Waals surface area contributed by atoms with Crippen LogP contribution in [0.2, 0.25) is 0 Å². The second-order valence-electron chi connectivity index (χ2n) is 4.02. The summed E-state index contributed by atoms with van der Waals surface area (Å²) in [5.74, 6) is -2.30. The maximum absolute atomic E-state index is 14.0. The molecule has 0 radical (unpaired) electrons. The third-order valence-electron chi connectivity index (χ3n) is 2.68. The molecule has 0 spiro atoms. The Morgan fingerprint density at radius 1 is 0.950 bits per heavy atom. The van der Waals surface area contributed by atoms with E-state index in [0.717, 1.165) is 12.1 Å². The fourth-order valence-electron chi connectivity index (χ4n) is 1.66. The van der Waals surface area contributed by atoms with Crippen LogP contribution in [-0.2, 0) is 9.84 Å². The molecule has 1 atom stereocenters. The average molecular weight is 296 g/mol. The van der Waals surface area contributed by atoms with Crippen LogP contribution in [0.5, 0.6) is 0 Å². The Morgan fingerprint density at radius 3 is 2.10 bits per heavy atom. The lowest BCUT2D eigenvalue weighted by Gasteiger charge is -2.09. The van der Waals surface area contributed by atoms with E-state index in [2.05, 4.69) is 0 Å². The second-order valence-corrected chi connectivity index (χ2v) is 5.97. The molecule has 2 aromatic rings. The smallest absolute Gasteiger partial charge is 0.267 e. The summed E-state index contributed by atoms with van der Waals surface area (Å²) in [6.07, 6.45) is 0. The van der Waals surface area contributed by atoms with Gasteiger partial charge >= 0.3 is 0 Å². The minimum Gasteiger partial charge on any atom is -0.290 e. The first-order valence-electron chi connectivity index (χ1n) is 5.66. The highest BCUT2D eigenvalue weighted by molar-refractivity contribution is 7.92. The molecule has 0 N–H and O–H groups in total. The molecule has 0 heterocycles. The van der Waals surface area contributed by atoms with Crippen molar-refractivity contribution in [3.05, 3.63) is 66.0 Å². The first kappa shape index (κ1) is 14.3. The molecule has 6 heteroatoms. The van der Waals surface area contributed by atoms with Crippen LogP contribution in [0.1, 0.15) is 10.4 Å². The second kappa shape index (κ2) is 5.50. The van der Waals surface area contributed by atoms with E-state index in [-0.39, 0.29) is 5.56 Å². The van der Waals surface area contributed by atoms with Gasteiger partial charge in [0, 0.05) is 5.56 Å². The van der Waals surface area contributed by atoms with Crippen LogP contribution in [0.15, 0.2) is 59.5 Å². The summed E-state index contributed by atoms with van der Waals surface area (Å²) in [4.78, 5) is 11.0. The standard InChI is InChI=1S/C14H10F2O3S/c15-11-8-4-5-9-12(11)20(18,19)14(16)13(17)10-6-2-1-3-7-10/h1-9,14H/t14-/m0/s1. The lowest BCUT2D eigenvalue weighted by molar-refractivity contribution is 0.0933. The monoisotopic (exact) mass is 296 g/mol. The van der Waals surface area contributed by atoms with E-state index >= 15 is 0 Å². The molecule has 0 fully saturated rings. The summed E-state index contributed by atoms with van der Waals surface area (Å²) in [6, 6.07) is 11.5. The topological polar surface area (TPSA) is 51.2 Å². The first-order valence-corrected chi connectivity index (χ1v) is 7.21. The Balaban J connectivity index is 2.41. The van der Waals surface area contributed by atoms with Crippen molar-refractivity contribution in [2.45, 2.75) is 10.4 Å². The predicted octanol–water partition coefficient (Wildman–Crippen LogP) is 2.78. The number of hydrogen-bond donors (Lipinski definition) is 0. The van der Waals surface area contributed by atoms with Gasteiger partial charge in [-0.1, -0.05) is 42.5 Å². The molecule has 20 heavy (non-hydrogen) atoms. The van der Waals surface area contributed by atoms with Gasteiger partial charge in [0.15, 0.2) is 0 Å². The Morgan fingerprint density at radius 2 is 1.50 bits per heavy atom. The molecule has 3 nitrogen and oxygen atoms in total. The molecule has 0 bridgehead atoms. The average Bonchev–Trinajstić information content (AvgIpc) is 2.47. The summed E-state index contributed by atoms with van der Waals surface area (Å²) < 4.78 is 51.3. The molecule has 0 aliphatic carbocycles. The quantitative estimate of drug-likeness (QED) is 0.815. The molecule has 0 aromatic heterocycles. The van der Waals surface area contributed by atoms with Crippen molar-refractivity contribution in [2.24, 2.45) is 0 Å². The highest BCUT2D eigenvalue weighted by Gasteiger charge is 2.36. The number of alkyl halides is 1. The van der Waals surface area contributed by atoms with E-state index in [4.69, 9.17) is 0 Å². The molecule has 2 aromatic carbocycles. The lowest BCUT2D eigenvalue weighted by atomic mass is 10.1. The van der Waals surface area contributed by atoms with Gasteiger partial charge in [-0.25, -0.2) is 17.2 Å². The molecular weight excluding hydrogens is 286 g/mol. The molecule has 0 saturated heterocycles. The predicted molar refractivity (Wildman–Crippen MR) is 69.3 cm³/mol. The summed E-state index contributed by atoms with van der Waals surface area (Å²) in [7, 11) is -4.71. The molecule has 2 rings (SSSR count). The summed E-state index contributed by atoms with van der Waals surface area (Å²) in [5.41, 5.74) is -2.92. The van der Waals surface area contributed by atoms with Crippen molar-refractivity contribution < 1.29 is 22.0 Å². The molecule has 104 valence electrons. The zero-order chi connectivity index (χ0) is 14.8. The molecule has 0 saturated carbocycles. The zero-order valence-corrected chi connectivity index (χ0v) is 11.0. The highest BCUT2D eigenvalue weighted by Crippen LogP contribution is 2.22. The number of halogens is 2. The number of carbonyl (C=O) groups excluding carboxylic acids is 1. The van der Waals surface area contributed by atoms with E-state index in [1.807, 2.05) is 0 Å². The van der Waals surface area contributed by atoms with Gasteiger partial charge in [0.25, 0.3) is 5.50 Å². The van der Waals surface area contributed by atoms with Crippen molar-refractivity contribution >= 4 is 15.6 Å². The van der Waals surface area contributed by atoms with Crippen LogP contribution < -0.4 is 0 Å². The van der Waals surface area contributed by atoms with Gasteiger partial charge in [-0.2, -0.15) is 0 Å². The van der Waals surface area contributed by atoms with Crippen LogP contribution in [0.3, 0.4) is 0 Å². The zero-order valence-electron chi connectivity index (χ0n) is 10.2. The van der Waals surface area contributed by atoms with Crippen LogP contribution in [-0.4, -0.2) is 19.7 Å². The summed E-state index contributed by atoms with van der Waals surface area (Å²) >= 11 is 0. The van der Waals surface area contributed by atoms with Crippen molar-refractivity contribution in [2.75, 3.05) is 0 Å². The number of sulfone groups is 1. The maximum atomic E-state index is 14.0. The lowest BCUT2D eigenvalue weighted by Crippen LogP contribution is -2.27. The van der Waals surface area contributed by atoms with E-state index < -0.39 is 31.8 Å². The normalized spacial score (nSPS) is 12.9. The fraction of sp³-hybridized carbons (Fsp3) is 0.0714. The van der Waals surface area contributed by atoms with Crippen molar-refractivity contribution in [1.29, 1.82) is 0 Å². The Bertz CT molecular complexity index is 727. The number of hydrogen-bond acceptors (Lipinski definition) is 3. The van der Waals surface area contributed by atoms with Gasteiger partial charge in [0.05, 0.1) is 0 Å². The van der Waals surface area contributed by atoms with Crippen LogP contribution in [0.25, 0.3) is 0 Å². The SMILES string of the molecule is O=C(c1ccccc1)[C@@H](F)S(=O)(=O)c1ccccc1F. The van der Waals surface area contributed by atoms with E-state index in [1.165, 1.54) is 36.4 Å². The molecular formula is C14H10F2O3S. The van der Waals surface area contributed by atoms with E-state index in [0.29, 0.717) is 0 Å². The van der Waals surface area contributed by atoms with Gasteiger partial charge in [-0.05, 0) is 12.1 Å². The van der Waals surface area contributed by atoms with Crippen molar-refractivity contribution in [1.82, 2.24) is 0 Å². The first-order chi connectivity index (χ1) is 9.44. The number of ketones is 1. The van der Waals surface area contributed by atoms with Gasteiger partial charge < -0.3 is 0 Å². The van der Waals surface area contributed by atoms with Gasteiger partial charge in [0.2, 0.25) is 15.6 Å². The van der Waals surface area contributed by atoms with Crippen molar-refractivity contribution in [3.63, 3.8) is 0 Å². The number of rotatable bonds is 4. The molecule has 0 aliphatic rings. The number of carbonyl (C=O) groups is 1. The highest BCUT2D eigenvalue weighted by atomic mass is 32.2. The molecule has 0 aliphatic heterocycles. The third kappa shape index (κ3) is 2.60. The molecule has 0 unspecified atom stereocenters. The van der Waals surface area contributed by atoms with Crippen LogP contribution in [0, 0.1) is 5.82 Å². The number of benzene rings is 2. The minimum atomic E-state index is -4.71. The van der Waals surface area contributed by atoms with E-state index in [1.54, 1.807) is 6.07 Å². The largest absolute Gasteiger partial charge is 0.290 e. The third-order valence-corrected chi connectivity index (χ3v) is 4.38. The maximum Gasteiger partial charge on any atom is 0.267 e. The fourth-order valence-corrected chi connectivity index (χ4v) is 2.91. The minimum absolute atomic E-state index is 0.0834. The summed E-state index contributed by atoms with van der Waals surface area (Å²) in [6.45, 7) is 0. The molecule has 0 amide bonds.